The van der Waals surface area contributed by atoms with Crippen LogP contribution in [0.15, 0.2) is 72.8 Å². The Labute approximate surface area is 178 Å². The van der Waals surface area contributed by atoms with Gasteiger partial charge in [0.15, 0.2) is 11.6 Å². The number of hydrogen-bond donors (Lipinski definition) is 0. The predicted octanol–water partition coefficient (Wildman–Crippen LogP) is 7.74. The highest BCUT2D eigenvalue weighted by atomic mass is 19.3. The number of ether oxygens (including phenoxy) is 2. The van der Waals surface area contributed by atoms with Gasteiger partial charge in [-0.3, -0.25) is 0 Å². The van der Waals surface area contributed by atoms with Gasteiger partial charge >= 0.3 is 18.2 Å². The number of alkyl halides is 2. The summed E-state index contributed by atoms with van der Waals surface area (Å²) in [5, 5.41) is 0. The number of rotatable bonds is 7. The number of aryl methyl sites for hydroxylation is 1. The molecule has 0 heterocycles. The molecule has 0 aliphatic heterocycles. The fourth-order valence-electron chi connectivity index (χ4n) is 2.83. The Hall–Kier alpha value is -3.49. The van der Waals surface area contributed by atoms with Crippen LogP contribution in [0.2, 0.25) is 0 Å². The van der Waals surface area contributed by atoms with Gasteiger partial charge < -0.3 is 9.47 Å². The Morgan fingerprint density at radius 1 is 0.812 bits per heavy atom. The van der Waals surface area contributed by atoms with E-state index in [-0.39, 0.29) is 0 Å². The minimum atomic E-state index is -4.19. The van der Waals surface area contributed by atoms with Gasteiger partial charge in [0, 0.05) is 6.07 Å². The van der Waals surface area contributed by atoms with E-state index in [0.29, 0.717) is 23.3 Å². The van der Waals surface area contributed by atoms with E-state index in [2.05, 4.69) is 9.47 Å². The van der Waals surface area contributed by atoms with Gasteiger partial charge in [0.05, 0.1) is 5.56 Å². The van der Waals surface area contributed by atoms with Crippen molar-refractivity contribution in [2.24, 2.45) is 0 Å². The van der Waals surface area contributed by atoms with E-state index in [1.807, 2.05) is 19.1 Å². The van der Waals surface area contributed by atoms with Crippen LogP contribution in [0.25, 0.3) is 11.1 Å². The summed E-state index contributed by atoms with van der Waals surface area (Å²) in [6.07, 6.45) is -6.21. The fraction of sp³-hybridized carbons (Fsp3) is 0.130. The van der Waals surface area contributed by atoms with Crippen molar-refractivity contribution in [3.8, 4) is 22.6 Å². The Balaban J connectivity index is 1.81. The van der Waals surface area contributed by atoms with Crippen LogP contribution in [0.4, 0.5) is 30.7 Å². The first-order valence-electron chi connectivity index (χ1n) is 9.25. The Morgan fingerprint density at radius 2 is 1.47 bits per heavy atom. The van der Waals surface area contributed by atoms with E-state index in [9.17, 15) is 30.7 Å². The maximum absolute atomic E-state index is 14.5. The molecular weight excluding hydrogens is 441 g/mol. The van der Waals surface area contributed by atoms with E-state index in [0.717, 1.165) is 30.2 Å². The second kappa shape index (κ2) is 9.33. The van der Waals surface area contributed by atoms with E-state index >= 15 is 0 Å². The lowest BCUT2D eigenvalue weighted by atomic mass is 10.0. The topological polar surface area (TPSA) is 18.5 Å². The Kier molecular flexibility index (Phi) is 6.76. The zero-order chi connectivity index (χ0) is 23.5. The third kappa shape index (κ3) is 5.22. The van der Waals surface area contributed by atoms with Crippen molar-refractivity contribution in [1.29, 1.82) is 0 Å². The number of benzene rings is 3. The summed E-state index contributed by atoms with van der Waals surface area (Å²) in [6.45, 7) is 1.97. The van der Waals surface area contributed by atoms with Crippen LogP contribution < -0.4 is 9.47 Å². The molecule has 168 valence electrons. The van der Waals surface area contributed by atoms with Crippen LogP contribution in [0.1, 0.15) is 18.1 Å². The molecule has 2 nitrogen and oxygen atoms in total. The standard InChI is InChI=1S/C23H15F7O2/c1-2-13-3-5-14(6-4-13)15-7-9-17(18(24)11-15)23(29,30)32-16-8-10-20(19(25)12-16)31-22(28)21(26)27/h3-12H,2H2,1H3. The van der Waals surface area contributed by atoms with Crippen molar-refractivity contribution < 1.29 is 40.2 Å². The molecule has 0 spiro atoms. The van der Waals surface area contributed by atoms with Gasteiger partial charge in [-0.05, 0) is 47.4 Å². The molecule has 0 saturated carbocycles. The molecule has 3 aromatic rings. The molecule has 0 radical (unpaired) electrons. The zero-order valence-corrected chi connectivity index (χ0v) is 16.4. The fourth-order valence-corrected chi connectivity index (χ4v) is 2.83. The van der Waals surface area contributed by atoms with Gasteiger partial charge in [-0.1, -0.05) is 37.3 Å². The summed E-state index contributed by atoms with van der Waals surface area (Å²) in [4.78, 5) is 0. The highest BCUT2D eigenvalue weighted by Gasteiger charge is 2.38. The molecule has 0 aliphatic rings. The smallest absolute Gasteiger partial charge is 0.429 e. The van der Waals surface area contributed by atoms with Crippen molar-refractivity contribution in [1.82, 2.24) is 0 Å². The van der Waals surface area contributed by atoms with Crippen LogP contribution in [-0.2, 0) is 12.5 Å². The molecule has 0 amide bonds. The molecule has 0 aliphatic carbocycles. The average molecular weight is 456 g/mol. The first-order chi connectivity index (χ1) is 15.1. The van der Waals surface area contributed by atoms with Crippen molar-refractivity contribution in [2.45, 2.75) is 19.5 Å². The first kappa shape index (κ1) is 23.2. The molecular formula is C23H15F7O2. The zero-order valence-electron chi connectivity index (χ0n) is 16.4. The number of hydrogen-bond acceptors (Lipinski definition) is 2. The average Bonchev–Trinajstić information content (AvgIpc) is 2.75. The molecule has 32 heavy (non-hydrogen) atoms. The van der Waals surface area contributed by atoms with Crippen LogP contribution in [0.3, 0.4) is 0 Å². The SMILES string of the molecule is CCc1ccc(-c2ccc(C(F)(F)Oc3ccc(OC(F)=C(F)F)c(F)c3)c(F)c2)cc1. The molecule has 0 aromatic heterocycles. The van der Waals surface area contributed by atoms with Crippen LogP contribution in [0, 0.1) is 11.6 Å². The largest absolute Gasteiger partial charge is 0.429 e. The predicted molar refractivity (Wildman–Crippen MR) is 103 cm³/mol. The monoisotopic (exact) mass is 456 g/mol. The summed E-state index contributed by atoms with van der Waals surface area (Å²) < 4.78 is 103. The lowest BCUT2D eigenvalue weighted by Gasteiger charge is -2.19. The maximum Gasteiger partial charge on any atom is 0.429 e. The summed E-state index contributed by atoms with van der Waals surface area (Å²) in [5.74, 6) is -4.43. The lowest BCUT2D eigenvalue weighted by Crippen LogP contribution is -2.23. The van der Waals surface area contributed by atoms with Gasteiger partial charge in [-0.2, -0.15) is 22.0 Å². The van der Waals surface area contributed by atoms with E-state index < -0.39 is 46.9 Å². The van der Waals surface area contributed by atoms with Crippen LogP contribution >= 0.6 is 0 Å². The van der Waals surface area contributed by atoms with Crippen molar-refractivity contribution in [3.05, 3.63) is 95.5 Å². The molecule has 9 heteroatoms. The lowest BCUT2D eigenvalue weighted by molar-refractivity contribution is -0.187. The second-order valence-electron chi connectivity index (χ2n) is 6.59. The Morgan fingerprint density at radius 3 is 2.03 bits per heavy atom. The van der Waals surface area contributed by atoms with Gasteiger partial charge in [0.1, 0.15) is 11.6 Å². The van der Waals surface area contributed by atoms with Gasteiger partial charge in [0.25, 0.3) is 0 Å². The van der Waals surface area contributed by atoms with Crippen molar-refractivity contribution in [2.75, 3.05) is 0 Å². The normalized spacial score (nSPS) is 11.2. The summed E-state index contributed by atoms with van der Waals surface area (Å²) >= 11 is 0. The molecule has 0 atom stereocenters. The highest BCUT2D eigenvalue weighted by molar-refractivity contribution is 5.64. The number of halogens is 7. The molecule has 3 aromatic carbocycles. The highest BCUT2D eigenvalue weighted by Crippen LogP contribution is 2.36. The van der Waals surface area contributed by atoms with Crippen LogP contribution in [-0.4, -0.2) is 0 Å². The molecule has 3 rings (SSSR count). The van der Waals surface area contributed by atoms with Crippen molar-refractivity contribution >= 4 is 0 Å². The second-order valence-corrected chi connectivity index (χ2v) is 6.59. The van der Waals surface area contributed by atoms with E-state index in [1.165, 1.54) is 6.07 Å². The summed E-state index contributed by atoms with van der Waals surface area (Å²) in [5.41, 5.74) is 0.955. The third-order valence-electron chi connectivity index (χ3n) is 4.48. The molecule has 0 fully saturated rings. The molecule has 0 saturated heterocycles. The van der Waals surface area contributed by atoms with Gasteiger partial charge in [-0.25, -0.2) is 8.78 Å². The van der Waals surface area contributed by atoms with Crippen LogP contribution in [0.5, 0.6) is 11.5 Å². The molecule has 0 N–H and O–H groups in total. The minimum Gasteiger partial charge on any atom is -0.429 e. The summed E-state index contributed by atoms with van der Waals surface area (Å²) in [7, 11) is 0. The summed E-state index contributed by atoms with van der Waals surface area (Å²) in [6, 6.07) is 9.58. The molecule has 0 bridgehead atoms. The Bertz CT molecular complexity index is 1140. The quantitative estimate of drug-likeness (QED) is 0.268. The molecule has 0 unspecified atom stereocenters. The third-order valence-corrected chi connectivity index (χ3v) is 4.48. The van der Waals surface area contributed by atoms with Gasteiger partial charge in [-0.15, -0.1) is 0 Å². The van der Waals surface area contributed by atoms with Gasteiger partial charge in [0.2, 0.25) is 0 Å². The van der Waals surface area contributed by atoms with Crippen molar-refractivity contribution in [3.63, 3.8) is 0 Å². The van der Waals surface area contributed by atoms with E-state index in [4.69, 9.17) is 0 Å². The maximum atomic E-state index is 14.5. The first-order valence-corrected chi connectivity index (χ1v) is 9.25. The minimum absolute atomic E-state index is 0.368. The van der Waals surface area contributed by atoms with E-state index in [1.54, 1.807) is 12.1 Å².